The molecule has 1 saturated heterocycles. The van der Waals surface area contributed by atoms with Gasteiger partial charge in [-0.2, -0.15) is 0 Å². The Morgan fingerprint density at radius 1 is 1.21 bits per heavy atom. The highest BCUT2D eigenvalue weighted by Crippen LogP contribution is 2.24. The molecule has 0 radical (unpaired) electrons. The Bertz CT molecular complexity index is 804. The lowest BCUT2D eigenvalue weighted by Gasteiger charge is -2.36. The van der Waals surface area contributed by atoms with Crippen molar-refractivity contribution in [1.29, 1.82) is 0 Å². The summed E-state index contributed by atoms with van der Waals surface area (Å²) in [7, 11) is 0. The van der Waals surface area contributed by atoms with Gasteiger partial charge in [0.2, 0.25) is 0 Å². The van der Waals surface area contributed by atoms with E-state index in [1.807, 2.05) is 25.1 Å². The third-order valence-corrected chi connectivity index (χ3v) is 5.78. The first-order valence-electron chi connectivity index (χ1n) is 9.82. The van der Waals surface area contributed by atoms with Crippen molar-refractivity contribution in [3.8, 4) is 0 Å². The van der Waals surface area contributed by atoms with Crippen LogP contribution in [0.1, 0.15) is 18.1 Å². The molecule has 1 aliphatic rings. The molecule has 2 aromatic carbocycles. The van der Waals surface area contributed by atoms with E-state index in [0.29, 0.717) is 13.0 Å². The van der Waals surface area contributed by atoms with E-state index in [9.17, 15) is 9.18 Å². The largest absolute Gasteiger partial charge is 0.360 e. The maximum atomic E-state index is 12.9. The van der Waals surface area contributed by atoms with Gasteiger partial charge < -0.3 is 15.1 Å². The molecule has 0 saturated carbocycles. The predicted molar refractivity (Wildman–Crippen MR) is 112 cm³/mol. The van der Waals surface area contributed by atoms with Gasteiger partial charge in [0.1, 0.15) is 5.82 Å². The van der Waals surface area contributed by atoms with Crippen LogP contribution in [0.2, 0.25) is 5.02 Å². The lowest BCUT2D eigenvalue weighted by Crippen LogP contribution is -3.19. The van der Waals surface area contributed by atoms with Crippen LogP contribution in [0.15, 0.2) is 42.5 Å². The molecule has 2 aromatic rings. The fourth-order valence-corrected chi connectivity index (χ4v) is 3.88. The van der Waals surface area contributed by atoms with Crippen molar-refractivity contribution in [2.45, 2.75) is 26.3 Å². The van der Waals surface area contributed by atoms with Gasteiger partial charge in [0.25, 0.3) is 5.91 Å². The van der Waals surface area contributed by atoms with Crippen molar-refractivity contribution in [2.75, 3.05) is 37.6 Å². The third-order valence-electron chi connectivity index (χ3n) is 5.55. The monoisotopic (exact) mass is 404 g/mol. The highest BCUT2D eigenvalue weighted by molar-refractivity contribution is 6.30. The second kappa shape index (κ2) is 9.39. The van der Waals surface area contributed by atoms with Crippen LogP contribution >= 0.6 is 11.6 Å². The number of nitrogens with one attached hydrogen (secondary N) is 2. The minimum Gasteiger partial charge on any atom is -0.360 e. The summed E-state index contributed by atoms with van der Waals surface area (Å²) in [5, 5.41) is 3.77. The summed E-state index contributed by atoms with van der Waals surface area (Å²) in [5.41, 5.74) is 3.43. The number of rotatable bonds is 6. The smallest absolute Gasteiger partial charge is 0.278 e. The molecule has 3 rings (SSSR count). The number of carbonyl (C=O) groups excluding carboxylic acids is 1. The summed E-state index contributed by atoms with van der Waals surface area (Å²) >= 11 is 6.15. The number of hydrogen-bond donors (Lipinski definition) is 2. The van der Waals surface area contributed by atoms with Gasteiger partial charge in [0.15, 0.2) is 6.04 Å². The molecule has 0 spiro atoms. The molecule has 0 aliphatic carbocycles. The van der Waals surface area contributed by atoms with Crippen LogP contribution in [0, 0.1) is 12.7 Å². The van der Waals surface area contributed by atoms with Crippen LogP contribution in [-0.2, 0) is 11.2 Å². The Morgan fingerprint density at radius 3 is 2.57 bits per heavy atom. The summed E-state index contributed by atoms with van der Waals surface area (Å²) in [5.74, 6) is -0.165. The van der Waals surface area contributed by atoms with E-state index >= 15 is 0 Å². The standard InChI is InChI=1S/C22H27ClFN3O/c1-16-3-6-19(23)15-21(16)27-13-11-26(12-14-27)17(2)22(28)25-10-9-18-4-7-20(24)8-5-18/h3-8,15,17H,9-14H2,1-2H3,(H,25,28)/p+1/t17-/m0/s1. The first-order chi connectivity index (χ1) is 13.4. The van der Waals surface area contributed by atoms with Crippen LogP contribution < -0.4 is 15.1 Å². The Hall–Kier alpha value is -2.11. The minimum absolute atomic E-state index is 0.0736. The molecule has 1 atom stereocenters. The third kappa shape index (κ3) is 5.24. The Labute approximate surface area is 171 Å². The Balaban J connectivity index is 1.46. The number of quaternary nitrogens is 1. The fraction of sp³-hybridized carbons (Fsp3) is 0.409. The van der Waals surface area contributed by atoms with E-state index in [2.05, 4.69) is 17.1 Å². The summed E-state index contributed by atoms with van der Waals surface area (Å²) < 4.78 is 12.9. The van der Waals surface area contributed by atoms with Crippen molar-refractivity contribution in [1.82, 2.24) is 5.32 Å². The summed E-state index contributed by atoms with van der Waals surface area (Å²) in [4.78, 5) is 16.2. The van der Waals surface area contributed by atoms with E-state index in [-0.39, 0.29) is 17.8 Å². The van der Waals surface area contributed by atoms with E-state index < -0.39 is 0 Å². The molecule has 6 heteroatoms. The van der Waals surface area contributed by atoms with Crippen LogP contribution in [0.4, 0.5) is 10.1 Å². The summed E-state index contributed by atoms with van der Waals surface area (Å²) in [6.45, 7) is 8.30. The number of benzene rings is 2. The van der Waals surface area contributed by atoms with E-state index in [1.54, 1.807) is 12.1 Å². The molecular formula is C22H28ClFN3O+. The topological polar surface area (TPSA) is 36.8 Å². The lowest BCUT2D eigenvalue weighted by molar-refractivity contribution is -0.914. The van der Waals surface area contributed by atoms with Crippen LogP contribution in [-0.4, -0.2) is 44.7 Å². The Kier molecular flexibility index (Phi) is 6.92. The molecule has 1 fully saturated rings. The van der Waals surface area contributed by atoms with E-state index in [4.69, 9.17) is 11.6 Å². The number of carbonyl (C=O) groups is 1. The quantitative estimate of drug-likeness (QED) is 0.774. The first-order valence-corrected chi connectivity index (χ1v) is 10.2. The number of amides is 1. The number of aryl methyl sites for hydroxylation is 1. The van der Waals surface area contributed by atoms with Gasteiger partial charge in [-0.1, -0.05) is 29.8 Å². The second-order valence-corrected chi connectivity index (χ2v) is 7.90. The molecule has 0 aromatic heterocycles. The molecule has 28 heavy (non-hydrogen) atoms. The van der Waals surface area contributed by atoms with Gasteiger partial charge in [-0.25, -0.2) is 4.39 Å². The van der Waals surface area contributed by atoms with Crippen molar-refractivity contribution in [2.24, 2.45) is 0 Å². The van der Waals surface area contributed by atoms with Crippen molar-refractivity contribution >= 4 is 23.2 Å². The normalized spacial score (nSPS) is 16.1. The highest BCUT2D eigenvalue weighted by Gasteiger charge is 2.29. The van der Waals surface area contributed by atoms with Crippen LogP contribution in [0.25, 0.3) is 0 Å². The summed E-state index contributed by atoms with van der Waals surface area (Å²) in [6, 6.07) is 12.3. The minimum atomic E-state index is -0.239. The zero-order valence-corrected chi connectivity index (χ0v) is 17.2. The number of nitrogens with zero attached hydrogens (tertiary/aromatic N) is 1. The van der Waals surface area contributed by atoms with E-state index in [1.165, 1.54) is 28.3 Å². The van der Waals surface area contributed by atoms with Crippen LogP contribution in [0.5, 0.6) is 0 Å². The molecule has 1 heterocycles. The Morgan fingerprint density at radius 2 is 1.89 bits per heavy atom. The fourth-order valence-electron chi connectivity index (χ4n) is 3.71. The zero-order valence-electron chi connectivity index (χ0n) is 16.5. The zero-order chi connectivity index (χ0) is 20.1. The maximum absolute atomic E-state index is 12.9. The molecular weight excluding hydrogens is 377 g/mol. The molecule has 0 bridgehead atoms. The second-order valence-electron chi connectivity index (χ2n) is 7.47. The maximum Gasteiger partial charge on any atom is 0.278 e. The molecule has 4 nitrogen and oxygen atoms in total. The van der Waals surface area contributed by atoms with Gasteiger partial charge in [0, 0.05) is 17.3 Å². The lowest BCUT2D eigenvalue weighted by atomic mass is 10.1. The van der Waals surface area contributed by atoms with Crippen LogP contribution in [0.3, 0.4) is 0 Å². The number of anilines is 1. The molecule has 0 unspecified atom stereocenters. The van der Waals surface area contributed by atoms with Gasteiger partial charge in [0.05, 0.1) is 26.2 Å². The average Bonchev–Trinajstić information content (AvgIpc) is 2.71. The number of hydrogen-bond acceptors (Lipinski definition) is 2. The molecule has 150 valence electrons. The van der Waals surface area contributed by atoms with Crippen molar-refractivity contribution in [3.05, 3.63) is 64.4 Å². The van der Waals surface area contributed by atoms with Gasteiger partial charge in [-0.05, 0) is 55.7 Å². The molecule has 2 N–H and O–H groups in total. The SMILES string of the molecule is Cc1ccc(Cl)cc1N1CC[NH+]([C@@H](C)C(=O)NCCc2ccc(F)cc2)CC1. The van der Waals surface area contributed by atoms with Gasteiger partial charge in [-0.15, -0.1) is 0 Å². The first kappa shape index (κ1) is 20.6. The highest BCUT2D eigenvalue weighted by atomic mass is 35.5. The number of halogens is 2. The molecule has 1 amide bonds. The van der Waals surface area contributed by atoms with Gasteiger partial charge >= 0.3 is 0 Å². The van der Waals surface area contributed by atoms with Gasteiger partial charge in [-0.3, -0.25) is 4.79 Å². The molecule has 1 aliphatic heterocycles. The average molecular weight is 405 g/mol. The van der Waals surface area contributed by atoms with Crippen molar-refractivity contribution < 1.29 is 14.1 Å². The van der Waals surface area contributed by atoms with E-state index in [0.717, 1.165) is 36.8 Å². The summed E-state index contributed by atoms with van der Waals surface area (Å²) in [6.07, 6.45) is 0.704. The van der Waals surface area contributed by atoms with Crippen molar-refractivity contribution in [3.63, 3.8) is 0 Å². The predicted octanol–water partition coefficient (Wildman–Crippen LogP) is 2.24. The number of piperazine rings is 1.